The fourth-order valence-electron chi connectivity index (χ4n) is 3.22. The first-order chi connectivity index (χ1) is 8.32. The first-order valence-corrected chi connectivity index (χ1v) is 7.31. The highest BCUT2D eigenvalue weighted by molar-refractivity contribution is 7.09. The summed E-state index contributed by atoms with van der Waals surface area (Å²) in [6, 6.07) is 4.25. The van der Waals surface area contributed by atoms with Crippen molar-refractivity contribution in [3.63, 3.8) is 0 Å². The molecule has 2 fully saturated rings. The van der Waals surface area contributed by atoms with Crippen molar-refractivity contribution in [2.75, 3.05) is 26.2 Å². The van der Waals surface area contributed by atoms with E-state index in [9.17, 15) is 5.11 Å². The number of fused-ring (bicyclic) bond motifs is 2. The summed E-state index contributed by atoms with van der Waals surface area (Å²) in [5.74, 6) is 0.626. The van der Waals surface area contributed by atoms with Gasteiger partial charge in [0.2, 0.25) is 0 Å². The molecule has 3 atom stereocenters. The molecular formula is C13H20N2OS. The molecule has 0 amide bonds. The molecule has 0 aliphatic carbocycles. The van der Waals surface area contributed by atoms with Gasteiger partial charge in [-0.15, -0.1) is 11.3 Å². The van der Waals surface area contributed by atoms with Crippen molar-refractivity contribution in [2.24, 2.45) is 5.92 Å². The summed E-state index contributed by atoms with van der Waals surface area (Å²) in [7, 11) is 0. The van der Waals surface area contributed by atoms with Gasteiger partial charge < -0.3 is 15.3 Å². The maximum Gasteiger partial charge on any atom is 0.0617 e. The van der Waals surface area contributed by atoms with Gasteiger partial charge in [0.15, 0.2) is 0 Å². The van der Waals surface area contributed by atoms with E-state index in [0.29, 0.717) is 5.92 Å². The van der Waals surface area contributed by atoms with Gasteiger partial charge in [-0.05, 0) is 43.3 Å². The topological polar surface area (TPSA) is 35.5 Å². The standard InChI is InChI=1S/C13H20N2OS/c16-10-13(14-8-12-2-1-7-17-12)4-6-15-5-3-11(13)9-15/h1-2,7,11,14,16H,3-6,8-10H2. The normalized spacial score (nSPS) is 36.3. The summed E-state index contributed by atoms with van der Waals surface area (Å²) >= 11 is 1.79. The molecule has 1 aromatic rings. The van der Waals surface area contributed by atoms with Gasteiger partial charge in [0, 0.05) is 23.5 Å². The fourth-order valence-corrected chi connectivity index (χ4v) is 3.87. The Morgan fingerprint density at radius 2 is 2.47 bits per heavy atom. The zero-order valence-corrected chi connectivity index (χ0v) is 10.9. The number of piperidine rings is 1. The summed E-state index contributed by atoms with van der Waals surface area (Å²) < 4.78 is 0. The third-order valence-corrected chi connectivity index (χ3v) is 5.28. The van der Waals surface area contributed by atoms with Crippen LogP contribution in [0.3, 0.4) is 0 Å². The van der Waals surface area contributed by atoms with Crippen LogP contribution in [-0.2, 0) is 6.54 Å². The second-order valence-corrected chi connectivity index (χ2v) is 6.32. The number of nitrogens with one attached hydrogen (secondary N) is 1. The number of thiophene rings is 1. The number of hydrogen-bond donors (Lipinski definition) is 2. The number of aliphatic hydroxyl groups is 1. The lowest BCUT2D eigenvalue weighted by Gasteiger charge is -2.42. The van der Waals surface area contributed by atoms with Crippen LogP contribution in [0.25, 0.3) is 0 Å². The van der Waals surface area contributed by atoms with Gasteiger partial charge in [0.25, 0.3) is 0 Å². The van der Waals surface area contributed by atoms with Crippen LogP contribution in [0.5, 0.6) is 0 Å². The zero-order chi connectivity index (χ0) is 11.7. The first kappa shape index (κ1) is 11.7. The van der Waals surface area contributed by atoms with Crippen LogP contribution >= 0.6 is 11.3 Å². The Hall–Kier alpha value is -0.420. The molecule has 94 valence electrons. The van der Waals surface area contributed by atoms with Gasteiger partial charge in [-0.2, -0.15) is 0 Å². The van der Waals surface area contributed by atoms with Crippen LogP contribution in [-0.4, -0.2) is 41.8 Å². The average Bonchev–Trinajstić information content (AvgIpc) is 3.00. The Labute approximate surface area is 106 Å². The number of aliphatic hydroxyl groups excluding tert-OH is 1. The maximum absolute atomic E-state index is 9.81. The predicted octanol–water partition coefficient (Wildman–Crippen LogP) is 1.29. The van der Waals surface area contributed by atoms with Crippen LogP contribution in [0.4, 0.5) is 0 Å². The van der Waals surface area contributed by atoms with Crippen LogP contribution in [0.1, 0.15) is 17.7 Å². The van der Waals surface area contributed by atoms with Gasteiger partial charge in [-0.3, -0.25) is 0 Å². The predicted molar refractivity (Wildman–Crippen MR) is 70.1 cm³/mol. The maximum atomic E-state index is 9.81. The molecule has 2 N–H and O–H groups in total. The summed E-state index contributed by atoms with van der Waals surface area (Å²) in [6.45, 7) is 4.69. The monoisotopic (exact) mass is 252 g/mol. The van der Waals surface area contributed by atoms with E-state index in [1.54, 1.807) is 11.3 Å². The highest BCUT2D eigenvalue weighted by Crippen LogP contribution is 2.35. The Bertz CT molecular complexity index is 368. The highest BCUT2D eigenvalue weighted by atomic mass is 32.1. The first-order valence-electron chi connectivity index (χ1n) is 6.43. The molecule has 0 aromatic carbocycles. The van der Waals surface area contributed by atoms with Gasteiger partial charge in [-0.1, -0.05) is 6.07 Å². The summed E-state index contributed by atoms with van der Waals surface area (Å²) in [5.41, 5.74) is -0.0308. The lowest BCUT2D eigenvalue weighted by Crippen LogP contribution is -2.58. The van der Waals surface area contributed by atoms with Crippen molar-refractivity contribution in [1.29, 1.82) is 0 Å². The molecule has 2 aliphatic rings. The van der Waals surface area contributed by atoms with Gasteiger partial charge in [0.1, 0.15) is 0 Å². The molecule has 0 spiro atoms. The third kappa shape index (κ3) is 2.15. The molecule has 3 unspecified atom stereocenters. The SMILES string of the molecule is OCC1(NCc2cccs2)CCN2CCC1C2. The smallest absolute Gasteiger partial charge is 0.0617 e. The minimum absolute atomic E-state index is 0.0308. The molecular weight excluding hydrogens is 232 g/mol. The summed E-state index contributed by atoms with van der Waals surface area (Å²) in [4.78, 5) is 3.88. The van der Waals surface area contributed by atoms with E-state index >= 15 is 0 Å². The molecule has 3 rings (SSSR count). The largest absolute Gasteiger partial charge is 0.394 e. The van der Waals surface area contributed by atoms with Crippen molar-refractivity contribution in [3.05, 3.63) is 22.4 Å². The molecule has 0 radical (unpaired) electrons. The zero-order valence-electron chi connectivity index (χ0n) is 10.1. The van der Waals surface area contributed by atoms with Crippen LogP contribution in [0.2, 0.25) is 0 Å². The van der Waals surface area contributed by atoms with E-state index in [2.05, 4.69) is 27.7 Å². The van der Waals surface area contributed by atoms with Crippen molar-refractivity contribution >= 4 is 11.3 Å². The number of hydrogen-bond acceptors (Lipinski definition) is 4. The van der Waals surface area contributed by atoms with E-state index < -0.39 is 0 Å². The summed E-state index contributed by atoms with van der Waals surface area (Å²) in [6.07, 6.45) is 2.32. The molecule has 3 nitrogen and oxygen atoms in total. The number of rotatable bonds is 4. The van der Waals surface area contributed by atoms with Gasteiger partial charge in [-0.25, -0.2) is 0 Å². The van der Waals surface area contributed by atoms with Crippen molar-refractivity contribution in [2.45, 2.75) is 24.9 Å². The third-order valence-electron chi connectivity index (χ3n) is 4.40. The van der Waals surface area contributed by atoms with Crippen LogP contribution < -0.4 is 5.32 Å². The molecule has 3 heterocycles. The molecule has 2 saturated heterocycles. The quantitative estimate of drug-likeness (QED) is 0.848. The lowest BCUT2D eigenvalue weighted by molar-refractivity contribution is 0.0639. The molecule has 2 aliphatic heterocycles. The van der Waals surface area contributed by atoms with E-state index in [0.717, 1.165) is 26.1 Å². The number of nitrogens with zero attached hydrogens (tertiary/aromatic N) is 1. The second-order valence-electron chi connectivity index (χ2n) is 5.28. The molecule has 4 heteroatoms. The Morgan fingerprint density at radius 3 is 3.24 bits per heavy atom. The fraction of sp³-hybridized carbons (Fsp3) is 0.692. The highest BCUT2D eigenvalue weighted by Gasteiger charge is 2.45. The van der Waals surface area contributed by atoms with Crippen LogP contribution in [0.15, 0.2) is 17.5 Å². The van der Waals surface area contributed by atoms with Gasteiger partial charge in [0.05, 0.1) is 6.61 Å². The van der Waals surface area contributed by atoms with Crippen molar-refractivity contribution in [3.8, 4) is 0 Å². The molecule has 0 saturated carbocycles. The second kappa shape index (κ2) is 4.69. The van der Waals surface area contributed by atoms with E-state index in [-0.39, 0.29) is 12.1 Å². The van der Waals surface area contributed by atoms with E-state index in [1.807, 2.05) is 0 Å². The summed E-state index contributed by atoms with van der Waals surface area (Å²) in [5, 5.41) is 15.6. The minimum atomic E-state index is -0.0308. The van der Waals surface area contributed by atoms with Crippen molar-refractivity contribution < 1.29 is 5.11 Å². The average molecular weight is 252 g/mol. The Balaban J connectivity index is 1.69. The molecule has 2 bridgehead atoms. The Morgan fingerprint density at radius 1 is 1.53 bits per heavy atom. The van der Waals surface area contributed by atoms with Crippen molar-refractivity contribution in [1.82, 2.24) is 10.2 Å². The molecule has 17 heavy (non-hydrogen) atoms. The Kier molecular flexibility index (Phi) is 3.21. The molecule has 1 aromatic heterocycles. The van der Waals surface area contributed by atoms with Crippen LogP contribution in [0, 0.1) is 5.92 Å². The minimum Gasteiger partial charge on any atom is -0.394 e. The van der Waals surface area contributed by atoms with E-state index in [1.165, 1.54) is 17.8 Å². The van der Waals surface area contributed by atoms with Gasteiger partial charge >= 0.3 is 0 Å². The lowest BCUT2D eigenvalue weighted by atomic mass is 9.79. The van der Waals surface area contributed by atoms with E-state index in [4.69, 9.17) is 0 Å².